The molecule has 3 nitrogen and oxygen atoms in total. The second-order valence-electron chi connectivity index (χ2n) is 4.06. The van der Waals surface area contributed by atoms with Gasteiger partial charge in [0.1, 0.15) is 10.8 Å². The molecule has 2 heterocycles. The summed E-state index contributed by atoms with van der Waals surface area (Å²) in [5.74, 6) is 0. The zero-order valence-electron chi connectivity index (χ0n) is 8.42. The number of hydrogen-bond donors (Lipinski definition) is 0. The molecule has 0 bridgehead atoms. The van der Waals surface area contributed by atoms with Gasteiger partial charge in [0.05, 0.1) is 10.7 Å². The highest BCUT2D eigenvalue weighted by atomic mass is 35.5. The molecule has 0 aromatic carbocycles. The largest absolute Gasteiger partial charge is 0.389 e. The van der Waals surface area contributed by atoms with E-state index in [2.05, 4.69) is 10.1 Å². The van der Waals surface area contributed by atoms with Crippen molar-refractivity contribution in [2.75, 3.05) is 0 Å². The number of halogens is 2. The van der Waals surface area contributed by atoms with Gasteiger partial charge in [0, 0.05) is 18.2 Å². The first-order chi connectivity index (χ1) is 6.98. The van der Waals surface area contributed by atoms with Crippen LogP contribution >= 0.6 is 23.2 Å². The summed E-state index contributed by atoms with van der Waals surface area (Å²) in [6.45, 7) is 3.96. The lowest BCUT2D eigenvalue weighted by Crippen LogP contribution is -2.19. The van der Waals surface area contributed by atoms with Gasteiger partial charge in [0.2, 0.25) is 0 Å². The second kappa shape index (κ2) is 3.65. The number of hydrogen-bond acceptors (Lipinski definition) is 3. The highest BCUT2D eigenvalue weighted by Gasteiger charge is 2.29. The highest BCUT2D eigenvalue weighted by molar-refractivity contribution is 6.41. The molecular weight excluding hydrogens is 235 g/mol. The molecule has 0 fully saturated rings. The number of nitrogens with zero attached hydrogens (tertiary/aromatic N) is 2. The number of rotatable bonds is 1. The molecule has 1 aromatic heterocycles. The smallest absolute Gasteiger partial charge is 0.147 e. The van der Waals surface area contributed by atoms with Crippen LogP contribution in [-0.2, 0) is 4.84 Å². The molecule has 0 spiro atoms. The molecule has 15 heavy (non-hydrogen) atoms. The second-order valence-corrected chi connectivity index (χ2v) is 4.83. The summed E-state index contributed by atoms with van der Waals surface area (Å²) >= 11 is 11.6. The fourth-order valence-electron chi connectivity index (χ4n) is 1.38. The third-order valence-electron chi connectivity index (χ3n) is 2.13. The Bertz CT molecular complexity index is 429. The van der Waals surface area contributed by atoms with Crippen molar-refractivity contribution >= 4 is 28.9 Å². The number of aromatic nitrogens is 1. The standard InChI is InChI=1S/C10H10Cl2N2O/c1-10(2)4-8(14-15-10)6-3-7(11)9(12)13-5-6/h3,5H,4H2,1-2H3. The summed E-state index contributed by atoms with van der Waals surface area (Å²) in [7, 11) is 0. The quantitative estimate of drug-likeness (QED) is 0.711. The molecule has 0 saturated carbocycles. The van der Waals surface area contributed by atoms with Crippen molar-refractivity contribution in [1.82, 2.24) is 4.98 Å². The summed E-state index contributed by atoms with van der Waals surface area (Å²) < 4.78 is 0. The Labute approximate surface area is 98.0 Å². The lowest BCUT2D eigenvalue weighted by molar-refractivity contribution is 0.0123. The van der Waals surface area contributed by atoms with Crippen molar-refractivity contribution in [2.45, 2.75) is 25.9 Å². The predicted octanol–water partition coefficient (Wildman–Crippen LogP) is 3.29. The van der Waals surface area contributed by atoms with Crippen molar-refractivity contribution in [2.24, 2.45) is 5.16 Å². The molecular formula is C10H10Cl2N2O. The maximum Gasteiger partial charge on any atom is 0.147 e. The van der Waals surface area contributed by atoms with Crippen molar-refractivity contribution in [3.05, 3.63) is 28.0 Å². The lowest BCUT2D eigenvalue weighted by Gasteiger charge is -2.13. The van der Waals surface area contributed by atoms with Gasteiger partial charge in [-0.2, -0.15) is 0 Å². The molecule has 0 saturated heterocycles. The molecule has 5 heteroatoms. The molecule has 0 aliphatic carbocycles. The van der Waals surface area contributed by atoms with Gasteiger partial charge in [0.15, 0.2) is 0 Å². The lowest BCUT2D eigenvalue weighted by atomic mass is 9.99. The first-order valence-electron chi connectivity index (χ1n) is 4.54. The zero-order chi connectivity index (χ0) is 11.1. The molecule has 80 valence electrons. The molecule has 1 aliphatic rings. The van der Waals surface area contributed by atoms with Crippen molar-refractivity contribution < 1.29 is 4.84 Å². The summed E-state index contributed by atoms with van der Waals surface area (Å²) in [6, 6.07) is 1.75. The average Bonchev–Trinajstić information content (AvgIpc) is 2.51. The maximum atomic E-state index is 5.87. The number of pyridine rings is 1. The van der Waals surface area contributed by atoms with Gasteiger partial charge < -0.3 is 4.84 Å². The van der Waals surface area contributed by atoms with Crippen LogP contribution in [0.3, 0.4) is 0 Å². The first kappa shape index (κ1) is 10.7. The predicted molar refractivity (Wildman–Crippen MR) is 60.6 cm³/mol. The van der Waals surface area contributed by atoms with Crippen LogP contribution in [0.25, 0.3) is 0 Å². The van der Waals surface area contributed by atoms with Crippen LogP contribution in [0.1, 0.15) is 25.8 Å². The Morgan fingerprint density at radius 3 is 2.67 bits per heavy atom. The molecule has 1 aromatic rings. The van der Waals surface area contributed by atoms with Gasteiger partial charge in [-0.25, -0.2) is 4.98 Å². The average molecular weight is 245 g/mol. The van der Waals surface area contributed by atoms with Gasteiger partial charge in [-0.1, -0.05) is 28.4 Å². The molecule has 0 amide bonds. The minimum Gasteiger partial charge on any atom is -0.389 e. The minimum absolute atomic E-state index is 0.249. The molecule has 0 atom stereocenters. The molecule has 0 unspecified atom stereocenters. The molecule has 0 N–H and O–H groups in total. The highest BCUT2D eigenvalue weighted by Crippen LogP contribution is 2.27. The monoisotopic (exact) mass is 244 g/mol. The van der Waals surface area contributed by atoms with E-state index < -0.39 is 0 Å². The van der Waals surface area contributed by atoms with Crippen molar-refractivity contribution in [1.29, 1.82) is 0 Å². The normalized spacial score (nSPS) is 18.5. The van der Waals surface area contributed by atoms with Gasteiger partial charge in [-0.05, 0) is 19.9 Å². The fraction of sp³-hybridized carbons (Fsp3) is 0.400. The SMILES string of the molecule is CC1(C)CC(c2cnc(Cl)c(Cl)c2)=NO1. The van der Waals surface area contributed by atoms with Crippen LogP contribution in [0.4, 0.5) is 0 Å². The van der Waals surface area contributed by atoms with E-state index >= 15 is 0 Å². The summed E-state index contributed by atoms with van der Waals surface area (Å²) in [5.41, 5.74) is 1.46. The van der Waals surface area contributed by atoms with E-state index in [1.54, 1.807) is 12.3 Å². The third kappa shape index (κ3) is 2.24. The van der Waals surface area contributed by atoms with Crippen LogP contribution in [0.5, 0.6) is 0 Å². The van der Waals surface area contributed by atoms with Gasteiger partial charge in [-0.15, -0.1) is 0 Å². The van der Waals surface area contributed by atoms with Crippen LogP contribution < -0.4 is 0 Å². The summed E-state index contributed by atoms with van der Waals surface area (Å²) in [4.78, 5) is 9.23. The van der Waals surface area contributed by atoms with Crippen molar-refractivity contribution in [3.63, 3.8) is 0 Å². The zero-order valence-corrected chi connectivity index (χ0v) is 9.93. The first-order valence-corrected chi connectivity index (χ1v) is 5.30. The van der Waals surface area contributed by atoms with Crippen LogP contribution in [0.2, 0.25) is 10.2 Å². The Kier molecular flexibility index (Phi) is 2.61. The van der Waals surface area contributed by atoms with E-state index in [4.69, 9.17) is 28.0 Å². The topological polar surface area (TPSA) is 34.5 Å². The summed E-state index contributed by atoms with van der Waals surface area (Å²) in [5, 5.41) is 4.74. The van der Waals surface area contributed by atoms with E-state index in [9.17, 15) is 0 Å². The minimum atomic E-state index is -0.249. The van der Waals surface area contributed by atoms with E-state index in [0.29, 0.717) is 10.2 Å². The van der Waals surface area contributed by atoms with E-state index in [-0.39, 0.29) is 5.60 Å². The molecule has 1 aliphatic heterocycles. The Hall–Kier alpha value is -0.800. The van der Waals surface area contributed by atoms with E-state index in [1.807, 2.05) is 13.8 Å². The van der Waals surface area contributed by atoms with Crippen LogP contribution in [0.15, 0.2) is 17.4 Å². The van der Waals surface area contributed by atoms with Gasteiger partial charge in [-0.3, -0.25) is 0 Å². The van der Waals surface area contributed by atoms with E-state index in [0.717, 1.165) is 17.7 Å². The maximum absolute atomic E-state index is 5.87. The van der Waals surface area contributed by atoms with Crippen molar-refractivity contribution in [3.8, 4) is 0 Å². The van der Waals surface area contributed by atoms with Gasteiger partial charge in [0.25, 0.3) is 0 Å². The summed E-state index contributed by atoms with van der Waals surface area (Å²) in [6.07, 6.45) is 2.39. The molecule has 2 rings (SSSR count). The third-order valence-corrected chi connectivity index (χ3v) is 2.81. The Morgan fingerprint density at radius 1 is 1.40 bits per heavy atom. The Morgan fingerprint density at radius 2 is 2.13 bits per heavy atom. The number of oxime groups is 1. The fourth-order valence-corrected chi connectivity index (χ4v) is 1.65. The van der Waals surface area contributed by atoms with Crippen LogP contribution in [0, 0.1) is 0 Å². The van der Waals surface area contributed by atoms with E-state index in [1.165, 1.54) is 0 Å². The van der Waals surface area contributed by atoms with Crippen LogP contribution in [-0.4, -0.2) is 16.3 Å². The van der Waals surface area contributed by atoms with Gasteiger partial charge >= 0.3 is 0 Å². The molecule has 0 radical (unpaired) electrons. The Balaban J connectivity index is 2.29.